The van der Waals surface area contributed by atoms with Crippen LogP contribution in [0.3, 0.4) is 0 Å². The fourth-order valence-electron chi connectivity index (χ4n) is 1.80. The van der Waals surface area contributed by atoms with Crippen LogP contribution in [0, 0.1) is 5.82 Å². The molecule has 0 aliphatic carbocycles. The lowest BCUT2D eigenvalue weighted by molar-refractivity contribution is 0.214. The van der Waals surface area contributed by atoms with Gasteiger partial charge in [0.1, 0.15) is 17.7 Å². The second-order valence-corrected chi connectivity index (χ2v) is 4.80. The molecule has 2 rings (SSSR count). The van der Waals surface area contributed by atoms with E-state index in [2.05, 4.69) is 0 Å². The Morgan fingerprint density at radius 2 is 1.84 bits per heavy atom. The summed E-state index contributed by atoms with van der Waals surface area (Å²) in [6, 6.07) is 8.65. The summed E-state index contributed by atoms with van der Waals surface area (Å²) in [5.41, 5.74) is 0.752. The van der Waals surface area contributed by atoms with Crippen molar-refractivity contribution < 1.29 is 14.2 Å². The number of rotatable bonds is 3. The van der Waals surface area contributed by atoms with Gasteiger partial charge in [-0.3, -0.25) is 0 Å². The number of hydrogen-bond acceptors (Lipinski definition) is 2. The second kappa shape index (κ2) is 5.78. The molecule has 0 aromatic heterocycles. The van der Waals surface area contributed by atoms with Gasteiger partial charge in [-0.15, -0.1) is 0 Å². The zero-order chi connectivity index (χ0) is 14.0. The maximum atomic E-state index is 13.2. The smallest absolute Gasteiger partial charge is 0.126 e. The normalized spacial score (nSPS) is 12.3. The largest absolute Gasteiger partial charge is 0.496 e. The van der Waals surface area contributed by atoms with Crippen LogP contribution in [-0.4, -0.2) is 12.2 Å². The maximum absolute atomic E-state index is 13.2. The number of benzene rings is 2. The van der Waals surface area contributed by atoms with Crippen LogP contribution in [0.1, 0.15) is 17.2 Å². The summed E-state index contributed by atoms with van der Waals surface area (Å²) >= 11 is 11.8. The van der Waals surface area contributed by atoms with Gasteiger partial charge >= 0.3 is 0 Å². The maximum Gasteiger partial charge on any atom is 0.126 e. The van der Waals surface area contributed by atoms with Crippen molar-refractivity contribution in [2.75, 3.05) is 7.11 Å². The predicted octanol–water partition coefficient (Wildman–Crippen LogP) is 4.22. The molecule has 2 nitrogen and oxygen atoms in total. The summed E-state index contributed by atoms with van der Waals surface area (Å²) in [6.07, 6.45) is -1.09. The first-order valence-corrected chi connectivity index (χ1v) is 6.25. The van der Waals surface area contributed by atoms with E-state index in [0.29, 0.717) is 16.3 Å². The molecule has 1 unspecified atom stereocenters. The third-order valence-corrected chi connectivity index (χ3v) is 3.32. The van der Waals surface area contributed by atoms with E-state index in [1.165, 1.54) is 25.3 Å². The Morgan fingerprint density at radius 3 is 2.53 bits per heavy atom. The van der Waals surface area contributed by atoms with E-state index < -0.39 is 11.9 Å². The van der Waals surface area contributed by atoms with Crippen molar-refractivity contribution in [3.8, 4) is 5.75 Å². The molecule has 1 atom stereocenters. The topological polar surface area (TPSA) is 29.5 Å². The van der Waals surface area contributed by atoms with Gasteiger partial charge < -0.3 is 9.84 Å². The summed E-state index contributed by atoms with van der Waals surface area (Å²) in [5, 5.41) is 11.1. The van der Waals surface area contributed by atoms with E-state index in [1.807, 2.05) is 0 Å². The molecule has 0 spiro atoms. The van der Waals surface area contributed by atoms with Crippen LogP contribution in [0.2, 0.25) is 10.0 Å². The van der Waals surface area contributed by atoms with Crippen LogP contribution < -0.4 is 4.74 Å². The number of halogens is 3. The van der Waals surface area contributed by atoms with E-state index in [1.54, 1.807) is 18.2 Å². The van der Waals surface area contributed by atoms with Crippen molar-refractivity contribution in [3.63, 3.8) is 0 Å². The molecule has 1 N–H and O–H groups in total. The minimum atomic E-state index is -1.09. The molecule has 0 aliphatic heterocycles. The molecule has 0 bridgehead atoms. The quantitative estimate of drug-likeness (QED) is 0.919. The first-order chi connectivity index (χ1) is 9.02. The highest BCUT2D eigenvalue weighted by Gasteiger charge is 2.19. The summed E-state index contributed by atoms with van der Waals surface area (Å²) < 4.78 is 18.4. The number of ether oxygens (including phenoxy) is 1. The van der Waals surface area contributed by atoms with Gasteiger partial charge in [-0.25, -0.2) is 4.39 Å². The highest BCUT2D eigenvalue weighted by atomic mass is 35.5. The highest BCUT2D eigenvalue weighted by molar-refractivity contribution is 6.31. The molecule has 0 saturated carbocycles. The van der Waals surface area contributed by atoms with Gasteiger partial charge in [0.15, 0.2) is 0 Å². The van der Waals surface area contributed by atoms with Gasteiger partial charge in [0, 0.05) is 21.2 Å². The van der Waals surface area contributed by atoms with Crippen molar-refractivity contribution in [3.05, 3.63) is 63.4 Å². The van der Waals surface area contributed by atoms with Crippen LogP contribution in [-0.2, 0) is 0 Å². The minimum absolute atomic E-state index is 0.280. The third kappa shape index (κ3) is 3.00. The summed E-state index contributed by atoms with van der Waals surface area (Å²) in [7, 11) is 1.47. The molecule has 0 fully saturated rings. The molecule has 0 heterocycles. The fourth-order valence-corrected chi connectivity index (χ4v) is 2.19. The second-order valence-electron chi connectivity index (χ2n) is 3.95. The Labute approximate surface area is 120 Å². The molecule has 100 valence electrons. The first-order valence-electron chi connectivity index (χ1n) is 5.49. The molecule has 19 heavy (non-hydrogen) atoms. The first kappa shape index (κ1) is 14.1. The van der Waals surface area contributed by atoms with Crippen LogP contribution in [0.15, 0.2) is 36.4 Å². The summed E-state index contributed by atoms with van der Waals surface area (Å²) in [5.74, 6) is -0.0493. The van der Waals surface area contributed by atoms with E-state index in [0.717, 1.165) is 0 Å². The van der Waals surface area contributed by atoms with Gasteiger partial charge in [-0.1, -0.05) is 29.3 Å². The van der Waals surface area contributed by atoms with Gasteiger partial charge in [0.25, 0.3) is 0 Å². The standard InChI is InChI=1S/C14H11Cl2FO2/c1-19-13-6-8(15)2-4-10(13)14(18)11-7-9(17)3-5-12(11)16/h2-7,14,18H,1H3. The molecule has 0 radical (unpaired) electrons. The average Bonchev–Trinajstić information content (AvgIpc) is 2.40. The van der Waals surface area contributed by atoms with Gasteiger partial charge in [-0.05, 0) is 30.3 Å². The zero-order valence-electron chi connectivity index (χ0n) is 10.0. The Kier molecular flexibility index (Phi) is 4.30. The van der Waals surface area contributed by atoms with Crippen LogP contribution >= 0.6 is 23.2 Å². The van der Waals surface area contributed by atoms with Crippen LogP contribution in [0.5, 0.6) is 5.75 Å². The van der Waals surface area contributed by atoms with Crippen molar-refractivity contribution >= 4 is 23.2 Å². The zero-order valence-corrected chi connectivity index (χ0v) is 11.5. The summed E-state index contributed by atoms with van der Waals surface area (Å²) in [6.45, 7) is 0. The molecule has 2 aromatic rings. The molecule has 0 amide bonds. The fraction of sp³-hybridized carbons (Fsp3) is 0.143. The van der Waals surface area contributed by atoms with Crippen molar-refractivity contribution in [2.24, 2.45) is 0 Å². The van der Waals surface area contributed by atoms with Gasteiger partial charge in [0.2, 0.25) is 0 Å². The molecule has 0 saturated heterocycles. The number of hydrogen-bond donors (Lipinski definition) is 1. The lowest BCUT2D eigenvalue weighted by atomic mass is 10.0. The Bertz CT molecular complexity index is 602. The number of aliphatic hydroxyl groups is 1. The van der Waals surface area contributed by atoms with Gasteiger partial charge in [0.05, 0.1) is 7.11 Å². The van der Waals surface area contributed by atoms with Crippen LogP contribution in [0.4, 0.5) is 4.39 Å². The molecular weight excluding hydrogens is 290 g/mol. The van der Waals surface area contributed by atoms with E-state index in [-0.39, 0.29) is 10.6 Å². The Balaban J connectivity index is 2.49. The van der Waals surface area contributed by atoms with E-state index in [4.69, 9.17) is 27.9 Å². The highest BCUT2D eigenvalue weighted by Crippen LogP contribution is 2.35. The van der Waals surface area contributed by atoms with Crippen molar-refractivity contribution in [1.29, 1.82) is 0 Å². The molecule has 0 aliphatic rings. The van der Waals surface area contributed by atoms with E-state index >= 15 is 0 Å². The number of aliphatic hydroxyl groups excluding tert-OH is 1. The molecular formula is C14H11Cl2FO2. The van der Waals surface area contributed by atoms with Crippen molar-refractivity contribution in [2.45, 2.75) is 6.10 Å². The summed E-state index contributed by atoms with van der Waals surface area (Å²) in [4.78, 5) is 0. The Morgan fingerprint density at radius 1 is 1.11 bits per heavy atom. The monoisotopic (exact) mass is 300 g/mol. The average molecular weight is 301 g/mol. The number of methoxy groups -OCH3 is 1. The minimum Gasteiger partial charge on any atom is -0.496 e. The SMILES string of the molecule is COc1cc(Cl)ccc1C(O)c1cc(F)ccc1Cl. The third-order valence-electron chi connectivity index (χ3n) is 2.74. The van der Waals surface area contributed by atoms with Gasteiger partial charge in [-0.2, -0.15) is 0 Å². The van der Waals surface area contributed by atoms with Crippen molar-refractivity contribution in [1.82, 2.24) is 0 Å². The lowest BCUT2D eigenvalue weighted by Gasteiger charge is -2.16. The molecule has 2 aromatic carbocycles. The predicted molar refractivity (Wildman–Crippen MR) is 73.5 cm³/mol. The van der Waals surface area contributed by atoms with Crippen LogP contribution in [0.25, 0.3) is 0 Å². The molecule has 5 heteroatoms. The van der Waals surface area contributed by atoms with E-state index in [9.17, 15) is 9.50 Å². The lowest BCUT2D eigenvalue weighted by Crippen LogP contribution is -2.03. The Hall–Kier alpha value is -1.29.